The number of nitrogens with one attached hydrogen (secondary N) is 1. The van der Waals surface area contributed by atoms with E-state index in [2.05, 4.69) is 9.97 Å². The average Bonchev–Trinajstić information content (AvgIpc) is 2.97. The van der Waals surface area contributed by atoms with E-state index in [4.69, 9.17) is 9.47 Å². The van der Waals surface area contributed by atoms with Gasteiger partial charge >= 0.3 is 0 Å². The third-order valence-corrected chi connectivity index (χ3v) is 4.62. The lowest BCUT2D eigenvalue weighted by Crippen LogP contribution is -2.26. The Morgan fingerprint density at radius 1 is 1.17 bits per heavy atom. The van der Waals surface area contributed by atoms with Crippen molar-refractivity contribution in [3.8, 4) is 11.5 Å². The summed E-state index contributed by atoms with van der Waals surface area (Å²) in [5.41, 5.74) is 1.23. The zero-order valence-electron chi connectivity index (χ0n) is 16.1. The second-order valence-electron chi connectivity index (χ2n) is 6.81. The number of nitrogens with zero attached hydrogens (tertiary/aromatic N) is 2. The monoisotopic (exact) mass is 391 g/mol. The second kappa shape index (κ2) is 8.18. The number of para-hydroxylation sites is 1. The largest absolute Gasteiger partial charge is 0.490 e. The van der Waals surface area contributed by atoms with E-state index >= 15 is 0 Å². The number of amides is 1. The highest BCUT2D eigenvalue weighted by molar-refractivity contribution is 5.91. The van der Waals surface area contributed by atoms with Crippen LogP contribution in [0.5, 0.6) is 11.5 Å². The minimum absolute atomic E-state index is 0.199. The van der Waals surface area contributed by atoms with E-state index in [1.54, 1.807) is 31.3 Å². The lowest BCUT2D eigenvalue weighted by Gasteiger charge is -2.14. The minimum atomic E-state index is -0.214. The van der Waals surface area contributed by atoms with Crippen LogP contribution in [0.2, 0.25) is 0 Å². The molecule has 0 saturated heterocycles. The van der Waals surface area contributed by atoms with Gasteiger partial charge in [-0.25, -0.2) is 4.98 Å². The van der Waals surface area contributed by atoms with Gasteiger partial charge in [-0.3, -0.25) is 9.59 Å². The molecule has 0 unspecified atom stereocenters. The molecule has 2 aromatic carbocycles. The first-order valence-corrected chi connectivity index (χ1v) is 9.41. The Balaban J connectivity index is 1.46. The molecule has 1 aromatic heterocycles. The molecule has 0 bridgehead atoms. The summed E-state index contributed by atoms with van der Waals surface area (Å²) in [6.07, 6.45) is 4.05. The lowest BCUT2D eigenvalue weighted by atomic mass is 10.2. The van der Waals surface area contributed by atoms with Crippen molar-refractivity contribution in [2.75, 3.05) is 20.3 Å². The molecule has 1 amide bonds. The van der Waals surface area contributed by atoms with Gasteiger partial charge in [0.25, 0.3) is 5.56 Å². The first kappa shape index (κ1) is 18.7. The van der Waals surface area contributed by atoms with Gasteiger partial charge in [0.15, 0.2) is 11.5 Å². The fourth-order valence-electron chi connectivity index (χ4n) is 3.09. The van der Waals surface area contributed by atoms with Crippen LogP contribution >= 0.6 is 0 Å². The summed E-state index contributed by atoms with van der Waals surface area (Å²) in [5, 5.41) is 0.527. The number of aromatic nitrogens is 2. The molecule has 0 fully saturated rings. The van der Waals surface area contributed by atoms with Gasteiger partial charge in [0, 0.05) is 19.5 Å². The average molecular weight is 391 g/mol. The molecule has 3 aromatic rings. The highest BCUT2D eigenvalue weighted by Crippen LogP contribution is 2.30. The molecule has 7 heteroatoms. The highest BCUT2D eigenvalue weighted by atomic mass is 16.5. The van der Waals surface area contributed by atoms with Crippen molar-refractivity contribution in [3.05, 3.63) is 70.3 Å². The predicted octanol–water partition coefficient (Wildman–Crippen LogP) is 2.76. The zero-order chi connectivity index (χ0) is 20.2. The third kappa shape index (κ3) is 4.29. The van der Waals surface area contributed by atoms with E-state index in [-0.39, 0.29) is 18.0 Å². The van der Waals surface area contributed by atoms with Gasteiger partial charge in [-0.15, -0.1) is 0 Å². The Hall–Kier alpha value is -3.61. The number of hydrogen-bond donors (Lipinski definition) is 1. The number of aromatic amines is 1. The Kier molecular flexibility index (Phi) is 5.29. The van der Waals surface area contributed by atoms with Crippen LogP contribution in [0, 0.1) is 0 Å². The van der Waals surface area contributed by atoms with E-state index < -0.39 is 0 Å². The number of likely N-dealkylation sites (N-methyl/N-ethyl adjacent to an activating group) is 1. The molecule has 0 aliphatic carbocycles. The molecule has 0 atom stereocenters. The van der Waals surface area contributed by atoms with E-state index in [0.717, 1.165) is 17.7 Å². The first-order valence-electron chi connectivity index (χ1n) is 9.41. The molecule has 0 saturated carbocycles. The molecule has 1 aliphatic heterocycles. The van der Waals surface area contributed by atoms with Gasteiger partial charge < -0.3 is 19.4 Å². The fourth-order valence-corrected chi connectivity index (χ4v) is 3.09. The molecular formula is C22H21N3O4. The number of carbonyl (C=O) groups is 1. The summed E-state index contributed by atoms with van der Waals surface area (Å²) in [4.78, 5) is 33.3. The van der Waals surface area contributed by atoms with Crippen LogP contribution < -0.4 is 15.0 Å². The molecule has 0 radical (unpaired) electrons. The molecule has 1 N–H and O–H groups in total. The summed E-state index contributed by atoms with van der Waals surface area (Å²) in [6, 6.07) is 12.7. The van der Waals surface area contributed by atoms with Crippen LogP contribution in [0.3, 0.4) is 0 Å². The van der Waals surface area contributed by atoms with Crippen molar-refractivity contribution in [3.63, 3.8) is 0 Å². The van der Waals surface area contributed by atoms with E-state index in [0.29, 0.717) is 35.7 Å². The molecule has 29 heavy (non-hydrogen) atoms. The third-order valence-electron chi connectivity index (χ3n) is 4.62. The van der Waals surface area contributed by atoms with Crippen LogP contribution in [0.25, 0.3) is 17.0 Å². The Morgan fingerprint density at radius 2 is 1.97 bits per heavy atom. The van der Waals surface area contributed by atoms with Crippen molar-refractivity contribution in [1.29, 1.82) is 0 Å². The van der Waals surface area contributed by atoms with Crippen LogP contribution in [0.1, 0.15) is 17.8 Å². The van der Waals surface area contributed by atoms with Crippen LogP contribution in [-0.2, 0) is 11.3 Å². The van der Waals surface area contributed by atoms with Crippen LogP contribution in [0.4, 0.5) is 0 Å². The molecular weight excluding hydrogens is 370 g/mol. The van der Waals surface area contributed by atoms with Crippen molar-refractivity contribution in [2.24, 2.45) is 0 Å². The molecule has 2 heterocycles. The number of benzene rings is 2. The number of hydrogen-bond acceptors (Lipinski definition) is 5. The highest BCUT2D eigenvalue weighted by Gasteiger charge is 2.11. The number of rotatable bonds is 4. The van der Waals surface area contributed by atoms with E-state index in [1.807, 2.05) is 24.3 Å². The van der Waals surface area contributed by atoms with Crippen molar-refractivity contribution in [1.82, 2.24) is 14.9 Å². The summed E-state index contributed by atoms with van der Waals surface area (Å²) in [5.74, 6) is 1.64. The molecule has 7 nitrogen and oxygen atoms in total. The van der Waals surface area contributed by atoms with Crippen molar-refractivity contribution >= 4 is 22.9 Å². The molecule has 148 valence electrons. The molecule has 1 aliphatic rings. The van der Waals surface area contributed by atoms with Crippen molar-refractivity contribution < 1.29 is 14.3 Å². The smallest absolute Gasteiger partial charge is 0.258 e. The van der Waals surface area contributed by atoms with Crippen LogP contribution in [0.15, 0.2) is 53.3 Å². The van der Waals surface area contributed by atoms with Gasteiger partial charge in [-0.05, 0) is 35.9 Å². The number of H-pyrrole nitrogens is 1. The summed E-state index contributed by atoms with van der Waals surface area (Å²) < 4.78 is 11.3. The van der Waals surface area contributed by atoms with Gasteiger partial charge in [0.1, 0.15) is 5.82 Å². The molecule has 4 rings (SSSR count). The van der Waals surface area contributed by atoms with Gasteiger partial charge in [-0.2, -0.15) is 0 Å². The SMILES string of the molecule is CN(Cc1nc2ccccc2c(=O)[nH]1)C(=O)C=Cc1ccc2c(c1)OCCCO2. The Morgan fingerprint density at radius 3 is 2.83 bits per heavy atom. The number of carbonyl (C=O) groups excluding carboxylic acids is 1. The van der Waals surface area contributed by atoms with E-state index in [1.165, 1.54) is 11.0 Å². The Labute approximate surface area is 167 Å². The van der Waals surface area contributed by atoms with Gasteiger partial charge in [0.2, 0.25) is 5.91 Å². The Bertz CT molecular complexity index is 1140. The number of fused-ring (bicyclic) bond motifs is 2. The quantitative estimate of drug-likeness (QED) is 0.692. The maximum atomic E-state index is 12.5. The van der Waals surface area contributed by atoms with Gasteiger partial charge in [0.05, 0.1) is 30.7 Å². The topological polar surface area (TPSA) is 84.5 Å². The molecule has 0 spiro atoms. The normalized spacial score (nSPS) is 13.4. The van der Waals surface area contributed by atoms with Crippen LogP contribution in [-0.4, -0.2) is 41.0 Å². The second-order valence-corrected chi connectivity index (χ2v) is 6.81. The summed E-state index contributed by atoms with van der Waals surface area (Å²) in [7, 11) is 1.66. The predicted molar refractivity (Wildman–Crippen MR) is 110 cm³/mol. The number of ether oxygens (including phenoxy) is 2. The maximum Gasteiger partial charge on any atom is 0.258 e. The van der Waals surface area contributed by atoms with Crippen molar-refractivity contribution in [2.45, 2.75) is 13.0 Å². The zero-order valence-corrected chi connectivity index (χ0v) is 16.1. The maximum absolute atomic E-state index is 12.5. The standard InChI is InChI=1S/C22H21N3O4/c1-25(14-20-23-17-6-3-2-5-16(17)22(27)24-20)21(26)10-8-15-7-9-18-19(13-15)29-12-4-11-28-18/h2-3,5-10,13H,4,11-12,14H2,1H3,(H,23,24,27). The minimum Gasteiger partial charge on any atom is -0.490 e. The van der Waals surface area contributed by atoms with Gasteiger partial charge in [-0.1, -0.05) is 18.2 Å². The summed E-state index contributed by atoms with van der Waals surface area (Å²) >= 11 is 0. The van der Waals surface area contributed by atoms with E-state index in [9.17, 15) is 9.59 Å². The first-order chi connectivity index (χ1) is 14.1. The summed E-state index contributed by atoms with van der Waals surface area (Å²) in [6.45, 7) is 1.44. The lowest BCUT2D eigenvalue weighted by molar-refractivity contribution is -0.125. The fraction of sp³-hybridized carbons (Fsp3) is 0.227.